The lowest BCUT2D eigenvalue weighted by atomic mass is 9.90. The van der Waals surface area contributed by atoms with Crippen LogP contribution in [-0.4, -0.2) is 29.5 Å². The number of nitrogens with one attached hydrogen (secondary N) is 1. The van der Waals surface area contributed by atoms with Gasteiger partial charge in [0.05, 0.1) is 11.6 Å². The summed E-state index contributed by atoms with van der Waals surface area (Å²) in [6, 6.07) is 15.8. The van der Waals surface area contributed by atoms with Gasteiger partial charge in [0.25, 0.3) is 5.91 Å². The lowest BCUT2D eigenvalue weighted by Gasteiger charge is -2.28. The first kappa shape index (κ1) is 23.6. The van der Waals surface area contributed by atoms with Crippen molar-refractivity contribution in [1.29, 1.82) is 5.26 Å². The van der Waals surface area contributed by atoms with E-state index >= 15 is 0 Å². The van der Waals surface area contributed by atoms with Crippen LogP contribution >= 0.6 is 0 Å². The Bertz CT molecular complexity index is 990. The molecule has 0 radical (unpaired) electrons. The van der Waals surface area contributed by atoms with Crippen LogP contribution in [-0.2, 0) is 14.3 Å². The Hall–Kier alpha value is -3.66. The van der Waals surface area contributed by atoms with Crippen molar-refractivity contribution in [2.24, 2.45) is 5.92 Å². The minimum Gasteiger partial charge on any atom is -0.449 e. The predicted molar refractivity (Wildman–Crippen MR) is 115 cm³/mol. The van der Waals surface area contributed by atoms with Gasteiger partial charge in [-0.3, -0.25) is 9.59 Å². The van der Waals surface area contributed by atoms with E-state index in [0.29, 0.717) is 11.3 Å². The third-order valence-electron chi connectivity index (χ3n) is 4.99. The largest absolute Gasteiger partial charge is 0.449 e. The molecule has 1 N–H and O–H groups in total. The molecule has 0 saturated heterocycles. The van der Waals surface area contributed by atoms with Crippen LogP contribution in [0, 0.1) is 17.2 Å². The highest BCUT2D eigenvalue weighted by Gasteiger charge is 2.32. The van der Waals surface area contributed by atoms with Gasteiger partial charge in [0.2, 0.25) is 0 Å². The number of esters is 2. The fraction of sp³-hybridized carbons (Fsp3) is 0.333. The second-order valence-corrected chi connectivity index (χ2v) is 7.70. The molecule has 7 heteroatoms. The van der Waals surface area contributed by atoms with E-state index in [0.717, 1.165) is 11.1 Å². The second kappa shape index (κ2) is 9.90. The first-order valence-electron chi connectivity index (χ1n) is 9.89. The Kier molecular flexibility index (Phi) is 7.54. The molecule has 0 aliphatic rings. The Morgan fingerprint density at radius 3 is 1.94 bits per heavy atom. The van der Waals surface area contributed by atoms with Gasteiger partial charge in [0, 0.05) is 6.92 Å². The number of hydrogen-bond donors (Lipinski definition) is 1. The van der Waals surface area contributed by atoms with Gasteiger partial charge in [0.15, 0.2) is 6.10 Å². The molecule has 0 unspecified atom stereocenters. The molecule has 31 heavy (non-hydrogen) atoms. The summed E-state index contributed by atoms with van der Waals surface area (Å²) in [5, 5.41) is 12.0. The number of amides is 1. The average molecular weight is 422 g/mol. The fourth-order valence-electron chi connectivity index (χ4n) is 2.62. The molecule has 0 bridgehead atoms. The highest BCUT2D eigenvalue weighted by atomic mass is 16.5. The number of rotatable bonds is 7. The molecule has 162 valence electrons. The van der Waals surface area contributed by atoms with Gasteiger partial charge in [-0.15, -0.1) is 0 Å². The smallest absolute Gasteiger partial charge is 0.338 e. The van der Waals surface area contributed by atoms with Crippen molar-refractivity contribution in [2.45, 2.75) is 46.3 Å². The van der Waals surface area contributed by atoms with Crippen molar-refractivity contribution in [2.75, 3.05) is 0 Å². The van der Waals surface area contributed by atoms with E-state index in [-0.39, 0.29) is 11.9 Å². The van der Waals surface area contributed by atoms with E-state index in [9.17, 15) is 19.6 Å². The maximum atomic E-state index is 12.4. The van der Waals surface area contributed by atoms with Crippen molar-refractivity contribution in [3.8, 4) is 22.9 Å². The van der Waals surface area contributed by atoms with Gasteiger partial charge >= 0.3 is 11.9 Å². The molecular weight excluding hydrogens is 396 g/mol. The Labute approximate surface area is 182 Å². The summed E-state index contributed by atoms with van der Waals surface area (Å²) in [7, 11) is 0. The molecule has 2 atom stereocenters. The molecule has 2 aromatic rings. The topological polar surface area (TPSA) is 105 Å². The van der Waals surface area contributed by atoms with Crippen LogP contribution < -0.4 is 10.1 Å². The number of ether oxygens (including phenoxy) is 2. The van der Waals surface area contributed by atoms with Crippen LogP contribution in [0.1, 0.15) is 45.0 Å². The SMILES string of the molecule is CC(=O)Oc1ccc(-c2ccc(C(=O)O[C@H](C)C(=O)N[C@@](C)(C#N)C(C)C)cc2)cc1. The molecule has 1 amide bonds. The van der Waals surface area contributed by atoms with Crippen molar-refractivity contribution >= 4 is 17.8 Å². The number of hydrogen-bond acceptors (Lipinski definition) is 6. The summed E-state index contributed by atoms with van der Waals surface area (Å²) >= 11 is 0. The first-order chi connectivity index (χ1) is 14.6. The number of carbonyl (C=O) groups is 3. The zero-order valence-corrected chi connectivity index (χ0v) is 18.3. The molecule has 0 aliphatic heterocycles. The minimum absolute atomic E-state index is 0.111. The van der Waals surface area contributed by atoms with E-state index in [1.165, 1.54) is 13.8 Å². The number of nitriles is 1. The van der Waals surface area contributed by atoms with E-state index < -0.39 is 23.5 Å². The molecule has 0 spiro atoms. The summed E-state index contributed by atoms with van der Waals surface area (Å²) in [4.78, 5) is 35.8. The number of nitrogens with zero attached hydrogens (tertiary/aromatic N) is 1. The Morgan fingerprint density at radius 1 is 0.968 bits per heavy atom. The summed E-state index contributed by atoms with van der Waals surface area (Å²) in [5.74, 6) is -1.22. The molecule has 0 aromatic heterocycles. The van der Waals surface area contributed by atoms with Crippen LogP contribution in [0.4, 0.5) is 0 Å². The van der Waals surface area contributed by atoms with Gasteiger partial charge in [-0.05, 0) is 55.2 Å². The van der Waals surface area contributed by atoms with Gasteiger partial charge in [0.1, 0.15) is 11.3 Å². The van der Waals surface area contributed by atoms with Crippen molar-refractivity contribution in [3.05, 3.63) is 54.1 Å². The van der Waals surface area contributed by atoms with E-state index in [1.807, 2.05) is 13.8 Å². The maximum absolute atomic E-state index is 12.4. The molecule has 0 fully saturated rings. The first-order valence-corrected chi connectivity index (χ1v) is 9.89. The third kappa shape index (κ3) is 6.16. The quantitative estimate of drug-likeness (QED) is 0.536. The lowest BCUT2D eigenvalue weighted by molar-refractivity contribution is -0.132. The van der Waals surface area contributed by atoms with Gasteiger partial charge in [-0.2, -0.15) is 5.26 Å². The Morgan fingerprint density at radius 2 is 1.48 bits per heavy atom. The van der Waals surface area contributed by atoms with Crippen LogP contribution in [0.5, 0.6) is 5.75 Å². The van der Waals surface area contributed by atoms with Gasteiger partial charge in [-0.25, -0.2) is 4.79 Å². The van der Waals surface area contributed by atoms with E-state index in [1.54, 1.807) is 55.5 Å². The van der Waals surface area contributed by atoms with Crippen LogP contribution in [0.25, 0.3) is 11.1 Å². The second-order valence-electron chi connectivity index (χ2n) is 7.70. The summed E-state index contributed by atoms with van der Waals surface area (Å²) < 4.78 is 10.3. The molecule has 0 saturated carbocycles. The summed E-state index contributed by atoms with van der Waals surface area (Å²) in [6.07, 6.45) is -1.05. The molecule has 0 aliphatic carbocycles. The normalized spacial score (nSPS) is 13.5. The average Bonchev–Trinajstić information content (AvgIpc) is 2.73. The van der Waals surface area contributed by atoms with Crippen molar-refractivity contribution < 1.29 is 23.9 Å². The fourth-order valence-corrected chi connectivity index (χ4v) is 2.62. The van der Waals surface area contributed by atoms with E-state index in [2.05, 4.69) is 11.4 Å². The summed E-state index contributed by atoms with van der Waals surface area (Å²) in [6.45, 7) is 8.08. The standard InChI is InChI=1S/C24H26N2O5/c1-15(2)24(5,14-25)26-22(28)16(3)30-23(29)20-8-6-18(7-9-20)19-10-12-21(13-11-19)31-17(4)27/h6-13,15-16H,1-5H3,(H,26,28)/t16-,24+/m1/s1. The minimum atomic E-state index is -1.05. The zero-order valence-electron chi connectivity index (χ0n) is 18.3. The third-order valence-corrected chi connectivity index (χ3v) is 4.99. The number of carbonyl (C=O) groups excluding carboxylic acids is 3. The van der Waals surface area contributed by atoms with E-state index in [4.69, 9.17) is 9.47 Å². The maximum Gasteiger partial charge on any atom is 0.338 e. The summed E-state index contributed by atoms with van der Waals surface area (Å²) in [5.41, 5.74) is 0.989. The molecule has 2 aromatic carbocycles. The monoisotopic (exact) mass is 422 g/mol. The van der Waals surface area contributed by atoms with Crippen LogP contribution in [0.2, 0.25) is 0 Å². The molecule has 2 rings (SSSR count). The highest BCUT2D eigenvalue weighted by molar-refractivity contribution is 5.93. The zero-order chi connectivity index (χ0) is 23.2. The predicted octanol–water partition coefficient (Wildman–Crippen LogP) is 3.88. The Balaban J connectivity index is 2.02. The van der Waals surface area contributed by atoms with Crippen LogP contribution in [0.3, 0.4) is 0 Å². The lowest BCUT2D eigenvalue weighted by Crippen LogP contribution is -2.52. The molecular formula is C24H26N2O5. The molecule has 0 heterocycles. The highest BCUT2D eigenvalue weighted by Crippen LogP contribution is 2.23. The van der Waals surface area contributed by atoms with Gasteiger partial charge < -0.3 is 14.8 Å². The van der Waals surface area contributed by atoms with Crippen molar-refractivity contribution in [1.82, 2.24) is 5.32 Å². The van der Waals surface area contributed by atoms with Gasteiger partial charge in [-0.1, -0.05) is 38.1 Å². The number of benzene rings is 2. The van der Waals surface area contributed by atoms with Crippen LogP contribution in [0.15, 0.2) is 48.5 Å². The molecule has 7 nitrogen and oxygen atoms in total. The van der Waals surface area contributed by atoms with Crippen molar-refractivity contribution in [3.63, 3.8) is 0 Å².